The molecule has 0 radical (unpaired) electrons. The monoisotopic (exact) mass is 320 g/mol. The fourth-order valence-electron chi connectivity index (χ4n) is 6.96. The maximum atomic E-state index is 12.6. The van der Waals surface area contributed by atoms with Gasteiger partial charge in [-0.3, -0.25) is 4.79 Å². The van der Waals surface area contributed by atoms with Crippen LogP contribution in [0.2, 0.25) is 0 Å². The molecule has 0 spiro atoms. The maximum Gasteiger partial charge on any atom is 0.311 e. The molecule has 132 valence electrons. The van der Waals surface area contributed by atoms with E-state index in [-0.39, 0.29) is 11.4 Å². The second kappa shape index (κ2) is 6.08. The average Bonchev–Trinajstić information content (AvgIpc) is 2.53. The van der Waals surface area contributed by atoms with Gasteiger partial charge in [0.05, 0.1) is 12.5 Å². The number of hydrogen-bond donors (Lipinski definition) is 0. The highest BCUT2D eigenvalue weighted by molar-refractivity contribution is 5.77. The van der Waals surface area contributed by atoms with E-state index in [9.17, 15) is 4.79 Å². The predicted octanol–water partition coefficient (Wildman–Crippen LogP) is 5.45. The first kappa shape index (κ1) is 17.3. The molecule has 0 aliphatic heterocycles. The zero-order valence-electron chi connectivity index (χ0n) is 15.9. The summed E-state index contributed by atoms with van der Waals surface area (Å²) in [5.41, 5.74) is 0.105. The van der Waals surface area contributed by atoms with Gasteiger partial charge in [0.2, 0.25) is 0 Å². The van der Waals surface area contributed by atoms with Gasteiger partial charge in [-0.15, -0.1) is 0 Å². The van der Waals surface area contributed by atoms with Crippen molar-refractivity contribution >= 4 is 5.97 Å². The van der Waals surface area contributed by atoms with Crippen molar-refractivity contribution in [3.05, 3.63) is 0 Å². The highest BCUT2D eigenvalue weighted by atomic mass is 16.5. The molecule has 0 N–H and O–H groups in total. The molecule has 0 aromatic carbocycles. The molecule has 3 fully saturated rings. The summed E-state index contributed by atoms with van der Waals surface area (Å²) in [6.07, 6.45) is 10.3. The number of ether oxygens (including phenoxy) is 1. The van der Waals surface area contributed by atoms with Crippen molar-refractivity contribution < 1.29 is 9.53 Å². The summed E-state index contributed by atoms with van der Waals surface area (Å²) in [7, 11) is 1.57. The predicted molar refractivity (Wildman–Crippen MR) is 94.0 cm³/mol. The summed E-state index contributed by atoms with van der Waals surface area (Å²) in [4.78, 5) is 12.6. The summed E-state index contributed by atoms with van der Waals surface area (Å²) in [6.45, 7) is 9.51. The lowest BCUT2D eigenvalue weighted by molar-refractivity contribution is -0.176. The number of hydrogen-bond acceptors (Lipinski definition) is 2. The minimum atomic E-state index is -0.248. The summed E-state index contributed by atoms with van der Waals surface area (Å²) >= 11 is 0. The van der Waals surface area contributed by atoms with E-state index in [4.69, 9.17) is 4.74 Å². The number of carbonyl (C=O) groups is 1. The molecular weight excluding hydrogens is 284 g/mol. The van der Waals surface area contributed by atoms with Crippen molar-refractivity contribution in [1.82, 2.24) is 0 Å². The minimum Gasteiger partial charge on any atom is -0.469 e. The Morgan fingerprint density at radius 3 is 2.48 bits per heavy atom. The summed E-state index contributed by atoms with van der Waals surface area (Å²) in [6, 6.07) is 0. The lowest BCUT2D eigenvalue weighted by atomic mass is 9.43. The molecule has 4 unspecified atom stereocenters. The van der Waals surface area contributed by atoms with Crippen molar-refractivity contribution in [3.8, 4) is 0 Å². The molecule has 2 nitrogen and oxygen atoms in total. The lowest BCUT2D eigenvalue weighted by Gasteiger charge is -2.61. The van der Waals surface area contributed by atoms with Gasteiger partial charge in [0, 0.05) is 0 Å². The first-order valence-corrected chi connectivity index (χ1v) is 9.91. The van der Waals surface area contributed by atoms with Gasteiger partial charge in [0.1, 0.15) is 0 Å². The van der Waals surface area contributed by atoms with Crippen molar-refractivity contribution in [1.29, 1.82) is 0 Å². The topological polar surface area (TPSA) is 26.3 Å². The Bertz CT molecular complexity index is 457. The van der Waals surface area contributed by atoms with Crippen molar-refractivity contribution in [2.24, 2.45) is 40.4 Å². The molecule has 3 aliphatic carbocycles. The van der Waals surface area contributed by atoms with Crippen molar-refractivity contribution in [2.45, 2.75) is 79.1 Å². The Morgan fingerprint density at radius 1 is 1.09 bits per heavy atom. The van der Waals surface area contributed by atoms with E-state index < -0.39 is 0 Å². The first-order valence-electron chi connectivity index (χ1n) is 9.91. The number of carbonyl (C=O) groups excluding carboxylic acids is 1. The third-order valence-electron chi connectivity index (χ3n) is 8.27. The van der Waals surface area contributed by atoms with Crippen LogP contribution in [-0.4, -0.2) is 13.1 Å². The van der Waals surface area contributed by atoms with Gasteiger partial charge in [-0.2, -0.15) is 0 Å². The Morgan fingerprint density at radius 2 is 1.83 bits per heavy atom. The summed E-state index contributed by atoms with van der Waals surface area (Å²) in [5, 5.41) is 0. The van der Waals surface area contributed by atoms with Crippen LogP contribution >= 0.6 is 0 Å². The number of methoxy groups -OCH3 is 1. The molecule has 23 heavy (non-hydrogen) atoms. The standard InChI is InChI=1S/C21H36O2/c1-14(2)15-7-9-17-16(13-15)8-10-18-20(17,3)11-6-12-21(18,4)19(22)23-5/h14-18H,6-13H2,1-5H3/t15?,16?,17?,18?,20-,21+/m1/s1. The Hall–Kier alpha value is -0.530. The summed E-state index contributed by atoms with van der Waals surface area (Å²) < 4.78 is 5.23. The van der Waals surface area contributed by atoms with Gasteiger partial charge >= 0.3 is 5.97 Å². The molecule has 0 aromatic heterocycles. The zero-order valence-corrected chi connectivity index (χ0v) is 15.9. The molecule has 3 saturated carbocycles. The van der Waals surface area contributed by atoms with Crippen LogP contribution in [0.1, 0.15) is 79.1 Å². The first-order chi connectivity index (χ1) is 10.8. The number of rotatable bonds is 2. The van der Waals surface area contributed by atoms with Crippen LogP contribution < -0.4 is 0 Å². The second-order valence-corrected chi connectivity index (χ2v) is 9.58. The Balaban J connectivity index is 1.85. The van der Waals surface area contributed by atoms with E-state index in [1.54, 1.807) is 7.11 Å². The van der Waals surface area contributed by atoms with Crippen LogP contribution in [-0.2, 0) is 9.53 Å². The van der Waals surface area contributed by atoms with Gasteiger partial charge in [-0.05, 0) is 86.9 Å². The van der Waals surface area contributed by atoms with Gasteiger partial charge in [-0.1, -0.05) is 27.2 Å². The lowest BCUT2D eigenvalue weighted by Crippen LogP contribution is -2.56. The molecule has 0 amide bonds. The molecule has 0 bridgehead atoms. The molecule has 6 atom stereocenters. The third-order valence-corrected chi connectivity index (χ3v) is 8.27. The van der Waals surface area contributed by atoms with Crippen molar-refractivity contribution in [2.75, 3.05) is 7.11 Å². The largest absolute Gasteiger partial charge is 0.469 e. The quantitative estimate of drug-likeness (QED) is 0.632. The average molecular weight is 321 g/mol. The SMILES string of the molecule is COC(=O)[C@@]1(C)CCC[C@]2(C)C3CCC(C(C)C)CC3CCC21. The third kappa shape index (κ3) is 2.65. The number of esters is 1. The van der Waals surface area contributed by atoms with Crippen LogP contribution in [0.25, 0.3) is 0 Å². The van der Waals surface area contributed by atoms with E-state index in [1.807, 2.05) is 0 Å². The highest BCUT2D eigenvalue weighted by Crippen LogP contribution is 2.64. The molecule has 0 saturated heterocycles. The van der Waals surface area contributed by atoms with Gasteiger partial charge < -0.3 is 4.74 Å². The summed E-state index contributed by atoms with van der Waals surface area (Å²) in [5.74, 6) is 4.05. The highest BCUT2D eigenvalue weighted by Gasteiger charge is 2.59. The minimum absolute atomic E-state index is 0.0442. The van der Waals surface area contributed by atoms with Gasteiger partial charge in [0.25, 0.3) is 0 Å². The molecule has 0 heterocycles. The Kier molecular flexibility index (Phi) is 4.57. The van der Waals surface area contributed by atoms with Crippen LogP contribution in [0.5, 0.6) is 0 Å². The molecule has 0 aromatic rings. The molecule has 2 heteroatoms. The Labute approximate surface area is 142 Å². The maximum absolute atomic E-state index is 12.6. The molecule has 3 aliphatic rings. The van der Waals surface area contributed by atoms with E-state index in [0.29, 0.717) is 11.3 Å². The van der Waals surface area contributed by atoms with Gasteiger partial charge in [0.15, 0.2) is 0 Å². The van der Waals surface area contributed by atoms with Crippen LogP contribution in [0.3, 0.4) is 0 Å². The fourth-order valence-corrected chi connectivity index (χ4v) is 6.96. The smallest absolute Gasteiger partial charge is 0.311 e. The normalized spacial score (nSPS) is 46.9. The van der Waals surface area contributed by atoms with Gasteiger partial charge in [-0.25, -0.2) is 0 Å². The van der Waals surface area contributed by atoms with E-state index in [0.717, 1.165) is 30.1 Å². The van der Waals surface area contributed by atoms with E-state index >= 15 is 0 Å². The van der Waals surface area contributed by atoms with Crippen LogP contribution in [0, 0.1) is 40.4 Å². The van der Waals surface area contributed by atoms with Crippen molar-refractivity contribution in [3.63, 3.8) is 0 Å². The van der Waals surface area contributed by atoms with E-state index in [1.165, 1.54) is 44.9 Å². The van der Waals surface area contributed by atoms with Crippen LogP contribution in [0.4, 0.5) is 0 Å². The molecule has 3 rings (SSSR count). The molecular formula is C21H36O2. The van der Waals surface area contributed by atoms with Crippen LogP contribution in [0.15, 0.2) is 0 Å². The number of fused-ring (bicyclic) bond motifs is 3. The van der Waals surface area contributed by atoms with E-state index in [2.05, 4.69) is 27.7 Å². The zero-order chi connectivity index (χ0) is 16.8. The fraction of sp³-hybridized carbons (Fsp3) is 0.952. The second-order valence-electron chi connectivity index (χ2n) is 9.58.